The molecule has 8 nitrogen and oxygen atoms in total. The van der Waals surface area contributed by atoms with E-state index in [1.165, 1.54) is 0 Å². The van der Waals surface area contributed by atoms with Crippen molar-refractivity contribution in [2.45, 2.75) is 12.5 Å². The summed E-state index contributed by atoms with van der Waals surface area (Å²) < 4.78 is 11.5. The van der Waals surface area contributed by atoms with Crippen molar-refractivity contribution in [3.8, 4) is 0 Å². The summed E-state index contributed by atoms with van der Waals surface area (Å²) in [7, 11) is 0. The number of imide groups is 1. The van der Waals surface area contributed by atoms with E-state index in [1.54, 1.807) is 18.2 Å². The Labute approximate surface area is 192 Å². The number of carbonyl (C=O) groups excluding carboxylic acids is 3. The van der Waals surface area contributed by atoms with E-state index in [4.69, 9.17) is 11.6 Å². The van der Waals surface area contributed by atoms with Crippen LogP contribution in [0.3, 0.4) is 0 Å². The van der Waals surface area contributed by atoms with E-state index < -0.39 is 17.1 Å². The number of anilines is 1. The summed E-state index contributed by atoms with van der Waals surface area (Å²) in [6.07, 6.45) is 2.46. The molecule has 4 rings (SSSR count). The zero-order chi connectivity index (χ0) is 22.0. The van der Waals surface area contributed by atoms with Crippen LogP contribution in [0.15, 0.2) is 23.1 Å². The van der Waals surface area contributed by atoms with Gasteiger partial charge in [0.1, 0.15) is 11.5 Å². The van der Waals surface area contributed by atoms with Crippen LogP contribution in [0.25, 0.3) is 6.08 Å². The lowest BCUT2D eigenvalue weighted by atomic mass is 10.1. The lowest BCUT2D eigenvalue weighted by molar-refractivity contribution is -0.122. The summed E-state index contributed by atoms with van der Waals surface area (Å²) in [4.78, 5) is 40.3. The molecule has 0 bridgehead atoms. The summed E-state index contributed by atoms with van der Waals surface area (Å²) in [6, 6.07) is 5.45. The van der Waals surface area contributed by atoms with E-state index >= 15 is 0 Å². The molecule has 11 heteroatoms. The number of nitrogens with one attached hydrogen (secondary N) is 2. The van der Waals surface area contributed by atoms with E-state index in [1.807, 2.05) is 11.0 Å². The number of hydrogen-bond acceptors (Lipinski definition) is 7. The fraction of sp³-hybridized carbons (Fsp3) is 0.450. The Morgan fingerprint density at radius 1 is 1.32 bits per heavy atom. The molecule has 3 aliphatic heterocycles. The monoisotopic (exact) mass is 482 g/mol. The minimum Gasteiger partial charge on any atom is -0.616 e. The maximum absolute atomic E-state index is 12.5. The van der Waals surface area contributed by atoms with E-state index in [0.717, 1.165) is 29.4 Å². The first-order chi connectivity index (χ1) is 14.9. The van der Waals surface area contributed by atoms with Crippen LogP contribution in [-0.4, -0.2) is 76.8 Å². The van der Waals surface area contributed by atoms with Crippen LogP contribution < -0.4 is 15.5 Å². The SMILES string of the molecule is O=C(CN1CC[S+]([O-])CC1)N[C@H]1CCN(c2c(Cl)cccc2C=C2SC(=O)NC2=O)C1. The van der Waals surface area contributed by atoms with Crippen LogP contribution in [0.5, 0.6) is 0 Å². The second-order valence-corrected chi connectivity index (χ2v) is 10.8. The predicted molar refractivity (Wildman–Crippen MR) is 124 cm³/mol. The highest BCUT2D eigenvalue weighted by Crippen LogP contribution is 2.36. The quantitative estimate of drug-likeness (QED) is 0.483. The second kappa shape index (κ2) is 9.83. The first-order valence-electron chi connectivity index (χ1n) is 10.0. The van der Waals surface area contributed by atoms with Crippen molar-refractivity contribution < 1.29 is 18.9 Å². The summed E-state index contributed by atoms with van der Waals surface area (Å²) in [5.41, 5.74) is 1.55. The van der Waals surface area contributed by atoms with Gasteiger partial charge in [-0.15, -0.1) is 0 Å². The normalized spacial score (nSPS) is 24.1. The van der Waals surface area contributed by atoms with Crippen molar-refractivity contribution >= 4 is 63.4 Å². The van der Waals surface area contributed by atoms with Crippen LogP contribution in [0.4, 0.5) is 10.5 Å². The summed E-state index contributed by atoms with van der Waals surface area (Å²) >= 11 is 6.60. The molecular formula is C20H23ClN4O4S2. The van der Waals surface area contributed by atoms with Crippen LogP contribution >= 0.6 is 23.4 Å². The Kier molecular flexibility index (Phi) is 7.12. The number of para-hydroxylation sites is 1. The van der Waals surface area contributed by atoms with Gasteiger partial charge < -0.3 is 14.8 Å². The van der Waals surface area contributed by atoms with Gasteiger partial charge in [0.05, 0.1) is 22.2 Å². The van der Waals surface area contributed by atoms with Gasteiger partial charge in [-0.05, 0) is 30.3 Å². The zero-order valence-corrected chi connectivity index (χ0v) is 19.2. The summed E-state index contributed by atoms with van der Waals surface area (Å²) in [5, 5.41) is 5.52. The Balaban J connectivity index is 1.40. The molecule has 3 saturated heterocycles. The van der Waals surface area contributed by atoms with Gasteiger partial charge in [-0.3, -0.25) is 24.6 Å². The van der Waals surface area contributed by atoms with Gasteiger partial charge in [0.25, 0.3) is 11.1 Å². The van der Waals surface area contributed by atoms with Crippen molar-refractivity contribution in [3.63, 3.8) is 0 Å². The molecule has 1 atom stereocenters. The standard InChI is InChI=1S/C20H23ClN4O4S2/c21-15-3-1-2-13(10-16-19(27)23-20(28)30-16)18(15)25-5-4-14(11-25)22-17(26)12-24-6-8-31(29)9-7-24/h1-3,10,14H,4-9,11-12H2,(H,22,26)(H,23,27,28)/t14-/m0/s1. The molecule has 31 heavy (non-hydrogen) atoms. The molecule has 166 valence electrons. The van der Waals surface area contributed by atoms with E-state index in [-0.39, 0.29) is 17.2 Å². The van der Waals surface area contributed by atoms with Crippen molar-refractivity contribution in [2.75, 3.05) is 49.1 Å². The molecule has 1 aromatic carbocycles. The minimum absolute atomic E-state index is 0.00562. The number of thioether (sulfide) groups is 1. The van der Waals surface area contributed by atoms with Gasteiger partial charge in [0.15, 0.2) is 0 Å². The largest absolute Gasteiger partial charge is 0.616 e. The zero-order valence-electron chi connectivity index (χ0n) is 16.8. The van der Waals surface area contributed by atoms with Crippen LogP contribution in [0, 0.1) is 0 Å². The fourth-order valence-electron chi connectivity index (χ4n) is 3.94. The van der Waals surface area contributed by atoms with Gasteiger partial charge in [0, 0.05) is 37.8 Å². The number of halogens is 1. The first kappa shape index (κ1) is 22.5. The number of nitrogens with zero attached hydrogens (tertiary/aromatic N) is 2. The van der Waals surface area contributed by atoms with Crippen molar-refractivity contribution in [1.29, 1.82) is 0 Å². The number of carbonyl (C=O) groups is 3. The average molecular weight is 483 g/mol. The molecule has 2 N–H and O–H groups in total. The molecule has 0 aromatic heterocycles. The smallest absolute Gasteiger partial charge is 0.290 e. The lowest BCUT2D eigenvalue weighted by Crippen LogP contribution is -2.47. The van der Waals surface area contributed by atoms with Gasteiger partial charge in [-0.1, -0.05) is 34.9 Å². The van der Waals surface area contributed by atoms with Crippen molar-refractivity contribution in [2.24, 2.45) is 0 Å². The van der Waals surface area contributed by atoms with Crippen LogP contribution in [-0.2, 0) is 20.8 Å². The maximum Gasteiger partial charge on any atom is 0.290 e. The molecule has 3 aliphatic rings. The molecule has 0 spiro atoms. The third kappa shape index (κ3) is 5.56. The Hall–Kier alpha value is -1.72. The van der Waals surface area contributed by atoms with Crippen LogP contribution in [0.1, 0.15) is 12.0 Å². The first-order valence-corrected chi connectivity index (χ1v) is 12.7. The highest BCUT2D eigenvalue weighted by Gasteiger charge is 2.29. The molecule has 3 heterocycles. The number of rotatable bonds is 5. The van der Waals surface area contributed by atoms with Crippen LogP contribution in [0.2, 0.25) is 5.02 Å². The third-order valence-electron chi connectivity index (χ3n) is 5.45. The Bertz CT molecular complexity index is 920. The number of benzene rings is 1. The molecule has 0 radical (unpaired) electrons. The lowest BCUT2D eigenvalue weighted by Gasteiger charge is -2.28. The molecule has 0 unspecified atom stereocenters. The summed E-state index contributed by atoms with van der Waals surface area (Å²) in [5.74, 6) is 0.807. The predicted octanol–water partition coefficient (Wildman–Crippen LogP) is 1.42. The number of amides is 3. The topological polar surface area (TPSA) is 105 Å². The van der Waals surface area contributed by atoms with E-state index in [0.29, 0.717) is 54.2 Å². The maximum atomic E-state index is 12.5. The Morgan fingerprint density at radius 3 is 2.81 bits per heavy atom. The van der Waals surface area contributed by atoms with Gasteiger partial charge in [0.2, 0.25) is 5.91 Å². The van der Waals surface area contributed by atoms with Crippen molar-refractivity contribution in [3.05, 3.63) is 33.7 Å². The fourth-order valence-corrected chi connectivity index (χ4v) is 6.04. The molecule has 3 amide bonds. The van der Waals surface area contributed by atoms with Crippen molar-refractivity contribution in [1.82, 2.24) is 15.5 Å². The average Bonchev–Trinajstić information content (AvgIpc) is 3.29. The molecule has 1 aromatic rings. The highest BCUT2D eigenvalue weighted by molar-refractivity contribution is 8.18. The number of hydrogen-bond donors (Lipinski definition) is 2. The minimum atomic E-state index is -0.759. The molecule has 3 fully saturated rings. The molecule has 0 aliphatic carbocycles. The molecular weight excluding hydrogens is 460 g/mol. The van der Waals surface area contributed by atoms with E-state index in [2.05, 4.69) is 15.5 Å². The van der Waals surface area contributed by atoms with E-state index in [9.17, 15) is 18.9 Å². The Morgan fingerprint density at radius 2 is 2.10 bits per heavy atom. The van der Waals surface area contributed by atoms with Gasteiger partial charge >= 0.3 is 0 Å². The van der Waals surface area contributed by atoms with Gasteiger partial charge in [-0.25, -0.2) is 0 Å². The highest BCUT2D eigenvalue weighted by atomic mass is 35.5. The molecule has 0 saturated carbocycles. The second-order valence-electron chi connectivity index (χ2n) is 7.65. The third-order valence-corrected chi connectivity index (χ3v) is 7.85. The summed E-state index contributed by atoms with van der Waals surface area (Å²) in [6.45, 7) is 3.00. The van der Waals surface area contributed by atoms with Gasteiger partial charge in [-0.2, -0.15) is 0 Å².